The van der Waals surface area contributed by atoms with Crippen LogP contribution in [0.3, 0.4) is 0 Å². The van der Waals surface area contributed by atoms with Gasteiger partial charge in [-0.25, -0.2) is 8.42 Å². The van der Waals surface area contributed by atoms with E-state index in [1.165, 1.54) is 0 Å². The van der Waals surface area contributed by atoms with Crippen LogP contribution in [0.2, 0.25) is 0 Å². The van der Waals surface area contributed by atoms with Crippen molar-refractivity contribution in [2.24, 2.45) is 0 Å². The van der Waals surface area contributed by atoms with Gasteiger partial charge in [-0.3, -0.25) is 14.5 Å². The number of methoxy groups -OCH3 is 1. The summed E-state index contributed by atoms with van der Waals surface area (Å²) in [6, 6.07) is 7.25. The van der Waals surface area contributed by atoms with Gasteiger partial charge < -0.3 is 19.3 Å². The number of benzene rings is 1. The van der Waals surface area contributed by atoms with Crippen LogP contribution in [0, 0.1) is 0 Å². The van der Waals surface area contributed by atoms with Gasteiger partial charge in [-0.2, -0.15) is 0 Å². The van der Waals surface area contributed by atoms with Crippen molar-refractivity contribution < 1.29 is 27.5 Å². The minimum atomic E-state index is -3.09. The van der Waals surface area contributed by atoms with Crippen LogP contribution < -0.4 is 4.74 Å². The Hall–Kier alpha value is -2.17. The quantitative estimate of drug-likeness (QED) is 0.523. The van der Waals surface area contributed by atoms with E-state index in [-0.39, 0.29) is 42.0 Å². The molecule has 4 rings (SSSR count). The maximum Gasteiger partial charge on any atom is 0.237 e. The van der Waals surface area contributed by atoms with Crippen molar-refractivity contribution in [1.82, 2.24) is 14.7 Å². The summed E-state index contributed by atoms with van der Waals surface area (Å²) in [5.74, 6) is 0.930. The van der Waals surface area contributed by atoms with Crippen molar-refractivity contribution in [2.45, 2.75) is 37.8 Å². The van der Waals surface area contributed by atoms with E-state index in [1.54, 1.807) is 12.0 Å². The molecule has 10 heteroatoms. The Morgan fingerprint density at radius 2 is 1.97 bits per heavy atom. The molecule has 2 atom stereocenters. The Morgan fingerprint density at radius 1 is 1.18 bits per heavy atom. The number of rotatable bonds is 8. The van der Waals surface area contributed by atoms with Crippen molar-refractivity contribution in [2.75, 3.05) is 64.5 Å². The Morgan fingerprint density at radius 3 is 2.62 bits per heavy atom. The normalized spacial score (nSPS) is 24.8. The second-order valence-corrected chi connectivity index (χ2v) is 11.7. The van der Waals surface area contributed by atoms with E-state index in [2.05, 4.69) is 4.90 Å². The van der Waals surface area contributed by atoms with Gasteiger partial charge >= 0.3 is 0 Å². The maximum atomic E-state index is 13.3. The smallest absolute Gasteiger partial charge is 0.237 e. The van der Waals surface area contributed by atoms with Gasteiger partial charge in [-0.05, 0) is 37.0 Å². The second-order valence-electron chi connectivity index (χ2n) is 9.42. The maximum absolute atomic E-state index is 13.3. The highest BCUT2D eigenvalue weighted by molar-refractivity contribution is 7.91. The average Bonchev–Trinajstić information content (AvgIpc) is 3.47. The number of sulfone groups is 1. The highest BCUT2D eigenvalue weighted by Crippen LogP contribution is 2.22. The molecule has 0 saturated carbocycles. The molecule has 3 heterocycles. The van der Waals surface area contributed by atoms with Crippen LogP contribution in [0.25, 0.3) is 0 Å². The molecule has 0 spiro atoms. The molecule has 3 aliphatic rings. The zero-order valence-corrected chi connectivity index (χ0v) is 20.7. The molecule has 1 aromatic rings. The molecule has 0 aliphatic carbocycles. The minimum Gasteiger partial charge on any atom is -0.497 e. The number of hydrogen-bond acceptors (Lipinski definition) is 7. The number of amides is 2. The first-order valence-electron chi connectivity index (χ1n) is 12.1. The van der Waals surface area contributed by atoms with Gasteiger partial charge in [0.15, 0.2) is 9.84 Å². The summed E-state index contributed by atoms with van der Waals surface area (Å²) in [7, 11) is -1.48. The summed E-state index contributed by atoms with van der Waals surface area (Å²) in [6.45, 7) is 3.76. The topological polar surface area (TPSA) is 96.5 Å². The van der Waals surface area contributed by atoms with Crippen molar-refractivity contribution in [3.8, 4) is 5.75 Å². The number of ether oxygens (including phenoxy) is 2. The van der Waals surface area contributed by atoms with Crippen LogP contribution in [0.4, 0.5) is 0 Å². The molecule has 0 aromatic heterocycles. The molecule has 3 saturated heterocycles. The van der Waals surface area contributed by atoms with E-state index in [1.807, 2.05) is 29.2 Å². The van der Waals surface area contributed by atoms with Crippen LogP contribution in [0.5, 0.6) is 5.75 Å². The fourth-order valence-corrected chi connectivity index (χ4v) is 6.72. The summed E-state index contributed by atoms with van der Waals surface area (Å²) in [5, 5.41) is 0. The van der Waals surface area contributed by atoms with Crippen molar-refractivity contribution >= 4 is 21.7 Å². The molecule has 0 radical (unpaired) electrons. The first-order chi connectivity index (χ1) is 16.3. The van der Waals surface area contributed by atoms with Crippen LogP contribution in [0.1, 0.15) is 24.8 Å². The van der Waals surface area contributed by atoms with E-state index >= 15 is 0 Å². The lowest BCUT2D eigenvalue weighted by Gasteiger charge is -2.37. The van der Waals surface area contributed by atoms with Crippen LogP contribution in [-0.2, 0) is 30.6 Å². The second kappa shape index (κ2) is 11.0. The lowest BCUT2D eigenvalue weighted by Crippen LogP contribution is -2.54. The fraction of sp³-hybridized carbons (Fsp3) is 0.667. The number of carbonyl (C=O) groups is 2. The molecule has 1 aromatic carbocycles. The van der Waals surface area contributed by atoms with Gasteiger partial charge in [-0.1, -0.05) is 12.1 Å². The molecule has 188 valence electrons. The van der Waals surface area contributed by atoms with Crippen LogP contribution >= 0.6 is 0 Å². The van der Waals surface area contributed by atoms with Gasteiger partial charge in [0.1, 0.15) is 5.75 Å². The summed E-state index contributed by atoms with van der Waals surface area (Å²) in [4.78, 5) is 31.7. The lowest BCUT2D eigenvalue weighted by atomic mass is 10.1. The molecule has 3 aliphatic heterocycles. The summed E-state index contributed by atoms with van der Waals surface area (Å²) in [5.41, 5.74) is 0.915. The monoisotopic (exact) mass is 493 g/mol. The molecule has 2 unspecified atom stereocenters. The van der Waals surface area contributed by atoms with Crippen LogP contribution in [-0.4, -0.2) is 112 Å². The third kappa shape index (κ3) is 6.49. The number of nitrogens with zero attached hydrogens (tertiary/aromatic N) is 3. The van der Waals surface area contributed by atoms with Crippen molar-refractivity contribution in [3.05, 3.63) is 29.8 Å². The Bertz CT molecular complexity index is 971. The van der Waals surface area contributed by atoms with Gasteiger partial charge in [0.25, 0.3) is 0 Å². The Balaban J connectivity index is 1.29. The molecule has 0 N–H and O–H groups in total. The highest BCUT2D eigenvalue weighted by Gasteiger charge is 2.37. The molecule has 9 nitrogen and oxygen atoms in total. The highest BCUT2D eigenvalue weighted by atomic mass is 32.2. The number of hydrogen-bond donors (Lipinski definition) is 0. The number of piperazine rings is 1. The molecular weight excluding hydrogens is 458 g/mol. The van der Waals surface area contributed by atoms with Gasteiger partial charge in [0, 0.05) is 45.4 Å². The fourth-order valence-electron chi connectivity index (χ4n) is 4.99. The molecule has 3 fully saturated rings. The molecule has 0 bridgehead atoms. The van der Waals surface area contributed by atoms with Crippen molar-refractivity contribution in [3.63, 3.8) is 0 Å². The summed E-state index contributed by atoms with van der Waals surface area (Å²) < 4.78 is 35.0. The predicted molar refractivity (Wildman–Crippen MR) is 127 cm³/mol. The van der Waals surface area contributed by atoms with E-state index in [0.717, 1.165) is 24.2 Å². The van der Waals surface area contributed by atoms with Gasteiger partial charge in [0.2, 0.25) is 11.8 Å². The minimum absolute atomic E-state index is 0.0154. The summed E-state index contributed by atoms with van der Waals surface area (Å²) >= 11 is 0. The zero-order chi connectivity index (χ0) is 24.1. The van der Waals surface area contributed by atoms with Crippen LogP contribution in [0.15, 0.2) is 24.3 Å². The average molecular weight is 494 g/mol. The number of carbonyl (C=O) groups excluding carboxylic acids is 2. The zero-order valence-electron chi connectivity index (χ0n) is 19.9. The largest absolute Gasteiger partial charge is 0.497 e. The Labute approximate surface area is 201 Å². The predicted octanol–water partition coefficient (Wildman–Crippen LogP) is 0.577. The molecule has 34 heavy (non-hydrogen) atoms. The van der Waals surface area contributed by atoms with E-state index in [0.29, 0.717) is 52.2 Å². The van der Waals surface area contributed by atoms with E-state index < -0.39 is 9.84 Å². The first-order valence-corrected chi connectivity index (χ1v) is 13.9. The first kappa shape index (κ1) is 24.9. The third-order valence-electron chi connectivity index (χ3n) is 6.97. The van der Waals surface area contributed by atoms with Gasteiger partial charge in [0.05, 0.1) is 37.7 Å². The van der Waals surface area contributed by atoms with Gasteiger partial charge in [-0.15, -0.1) is 0 Å². The molecule has 2 amide bonds. The standard InChI is InChI=1S/C24H35N3O6S/c1-32-21-5-2-4-19(14-21)15-23(28)26-10-8-25(9-11-26)17-24(29)27(16-22-6-3-12-33-22)20-7-13-34(30,31)18-20/h2,4-5,14,20,22H,3,6-13,15-18H2,1H3. The third-order valence-corrected chi connectivity index (χ3v) is 8.72. The molecular formula is C24H35N3O6S. The van der Waals surface area contributed by atoms with E-state index in [4.69, 9.17) is 9.47 Å². The lowest BCUT2D eigenvalue weighted by molar-refractivity contribution is -0.137. The summed E-state index contributed by atoms with van der Waals surface area (Å²) in [6.07, 6.45) is 2.67. The Kier molecular flexibility index (Phi) is 8.10. The van der Waals surface area contributed by atoms with E-state index in [9.17, 15) is 18.0 Å². The van der Waals surface area contributed by atoms with Crippen molar-refractivity contribution in [1.29, 1.82) is 0 Å². The SMILES string of the molecule is COc1cccc(CC(=O)N2CCN(CC(=O)N(CC3CCCO3)C3CCS(=O)(=O)C3)CC2)c1.